The maximum absolute atomic E-state index is 13.3. The fourth-order valence-corrected chi connectivity index (χ4v) is 6.41. The summed E-state index contributed by atoms with van der Waals surface area (Å²) in [5, 5.41) is 20.7. The van der Waals surface area contributed by atoms with E-state index in [9.17, 15) is 14.7 Å². The topological polar surface area (TPSA) is 146 Å². The van der Waals surface area contributed by atoms with Gasteiger partial charge in [0.15, 0.2) is 0 Å². The second-order valence-electron chi connectivity index (χ2n) is 13.0. The molecule has 4 atom stereocenters. The first-order valence-corrected chi connectivity index (χ1v) is 18.5. The minimum Gasteiger partial charge on any atom is -0.388 e. The third-order valence-electron chi connectivity index (χ3n) is 9.21. The van der Waals surface area contributed by atoms with Crippen molar-refractivity contribution in [2.45, 2.75) is 131 Å². The highest BCUT2D eigenvalue weighted by Gasteiger charge is 2.59. The highest BCUT2D eigenvalue weighted by Crippen LogP contribution is 2.37. The molecular formula is C40H68N7O3+. The van der Waals surface area contributed by atoms with Crippen molar-refractivity contribution in [1.29, 1.82) is 0 Å². The van der Waals surface area contributed by atoms with Crippen molar-refractivity contribution in [2.24, 2.45) is 10.7 Å². The number of amides is 2. The van der Waals surface area contributed by atoms with Gasteiger partial charge in [0.1, 0.15) is 23.5 Å². The summed E-state index contributed by atoms with van der Waals surface area (Å²) in [5.74, 6) is 1.47. The van der Waals surface area contributed by atoms with E-state index in [1.807, 2.05) is 39.8 Å². The molecule has 0 radical (unpaired) electrons. The van der Waals surface area contributed by atoms with Crippen LogP contribution in [0.2, 0.25) is 0 Å². The summed E-state index contributed by atoms with van der Waals surface area (Å²) in [6.07, 6.45) is 9.83. The summed E-state index contributed by atoms with van der Waals surface area (Å²) >= 11 is 0. The number of likely N-dealkylation sites (N-methyl/N-ethyl adjacent to an activating group) is 1. The van der Waals surface area contributed by atoms with Crippen LogP contribution < -0.4 is 26.7 Å². The molecule has 0 bridgehead atoms. The van der Waals surface area contributed by atoms with Crippen molar-refractivity contribution in [3.63, 3.8) is 0 Å². The number of aliphatic imine (C=N–C) groups is 1. The summed E-state index contributed by atoms with van der Waals surface area (Å²) in [6, 6.07) is 5.55. The molecule has 1 aromatic carbocycles. The largest absolute Gasteiger partial charge is 0.388 e. The maximum atomic E-state index is 13.3. The first kappa shape index (κ1) is 44.1. The third kappa shape index (κ3) is 11.3. The van der Waals surface area contributed by atoms with E-state index in [1.54, 1.807) is 26.2 Å². The van der Waals surface area contributed by atoms with Crippen LogP contribution in [0.1, 0.15) is 116 Å². The Morgan fingerprint density at radius 2 is 1.78 bits per heavy atom. The normalized spacial score (nSPS) is 22.6. The fourth-order valence-electron chi connectivity index (χ4n) is 6.41. The lowest BCUT2D eigenvalue weighted by atomic mass is 9.83. The number of aliphatic hydroxyl groups is 1. The molecule has 0 spiro atoms. The second kappa shape index (κ2) is 22.0. The zero-order chi connectivity index (χ0) is 38.0. The van der Waals surface area contributed by atoms with Gasteiger partial charge in [0.2, 0.25) is 11.7 Å². The lowest BCUT2D eigenvalue weighted by Crippen LogP contribution is -2.92. The molecule has 4 rings (SSSR count). The van der Waals surface area contributed by atoms with Crippen LogP contribution in [0.25, 0.3) is 0 Å². The molecule has 7 N–H and O–H groups in total. The Morgan fingerprint density at radius 1 is 1.14 bits per heavy atom. The van der Waals surface area contributed by atoms with Gasteiger partial charge in [-0.25, -0.2) is 0 Å². The highest BCUT2D eigenvalue weighted by molar-refractivity contribution is 6.00. The maximum Gasteiger partial charge on any atom is 0.251 e. The molecule has 1 aliphatic carbocycles. The Labute approximate surface area is 302 Å². The van der Waals surface area contributed by atoms with Gasteiger partial charge in [-0.05, 0) is 87.8 Å². The van der Waals surface area contributed by atoms with Gasteiger partial charge in [-0.3, -0.25) is 25.3 Å². The Bertz CT molecular complexity index is 1390. The molecule has 2 heterocycles. The van der Waals surface area contributed by atoms with Crippen molar-refractivity contribution < 1.29 is 19.7 Å². The van der Waals surface area contributed by atoms with Crippen LogP contribution in [0.5, 0.6) is 0 Å². The SMILES string of the molecule is C=C(/C=C\C(CC)=NC)C(=O)NC.CC.CCC.CCC(N)=[NH+]C1CNC(=C(C)C)N2C[C@@H](NC(=O)c3cccc4c3CCCC4)[C@@H](O)C12C. The third-order valence-corrected chi connectivity index (χ3v) is 9.21. The number of hydrogen-bond donors (Lipinski definition) is 6. The molecule has 2 amide bonds. The quantitative estimate of drug-likeness (QED) is 0.105. The summed E-state index contributed by atoms with van der Waals surface area (Å²) in [6.45, 7) is 23.3. The van der Waals surface area contributed by atoms with Gasteiger partial charge in [-0.2, -0.15) is 0 Å². The number of allylic oxidation sites excluding steroid dienone is 2. The van der Waals surface area contributed by atoms with E-state index in [0.717, 1.165) is 54.8 Å². The van der Waals surface area contributed by atoms with Gasteiger partial charge >= 0.3 is 0 Å². The summed E-state index contributed by atoms with van der Waals surface area (Å²) < 4.78 is 0. The van der Waals surface area contributed by atoms with E-state index in [2.05, 4.69) is 78.1 Å². The molecule has 10 heteroatoms. The molecule has 50 heavy (non-hydrogen) atoms. The van der Waals surface area contributed by atoms with Gasteiger partial charge in [-0.1, -0.05) is 66.7 Å². The number of benzene rings is 1. The number of fused-ring (bicyclic) bond motifs is 2. The lowest BCUT2D eigenvalue weighted by Gasteiger charge is -2.47. The molecule has 2 fully saturated rings. The number of carbonyl (C=O) groups excluding carboxylic acids is 2. The first-order chi connectivity index (χ1) is 23.8. The molecule has 2 unspecified atom stereocenters. The average Bonchev–Trinajstić information content (AvgIpc) is 3.38. The number of amidine groups is 1. The van der Waals surface area contributed by atoms with E-state index >= 15 is 0 Å². The van der Waals surface area contributed by atoms with Crippen LogP contribution in [-0.4, -0.2) is 84.3 Å². The molecular weight excluding hydrogens is 626 g/mol. The van der Waals surface area contributed by atoms with E-state index in [1.165, 1.54) is 24.0 Å². The molecule has 1 aromatic rings. The molecule has 10 nitrogen and oxygen atoms in total. The molecule has 280 valence electrons. The van der Waals surface area contributed by atoms with Crippen LogP contribution >= 0.6 is 0 Å². The van der Waals surface area contributed by atoms with Crippen molar-refractivity contribution in [2.75, 3.05) is 27.2 Å². The lowest BCUT2D eigenvalue weighted by molar-refractivity contribution is -0.525. The second-order valence-corrected chi connectivity index (χ2v) is 13.0. The van der Waals surface area contributed by atoms with E-state index in [0.29, 0.717) is 24.5 Å². The van der Waals surface area contributed by atoms with Crippen LogP contribution in [0, 0.1) is 0 Å². The minimum atomic E-state index is -0.746. The predicted octanol–water partition coefficient (Wildman–Crippen LogP) is 3.94. The Balaban J connectivity index is 0.000000583. The number of nitrogens with two attached hydrogens (primary N) is 1. The Hall–Kier alpha value is -3.92. The Kier molecular flexibility index (Phi) is 19.4. The van der Waals surface area contributed by atoms with E-state index < -0.39 is 11.6 Å². The van der Waals surface area contributed by atoms with Crippen LogP contribution in [0.3, 0.4) is 0 Å². The summed E-state index contributed by atoms with van der Waals surface area (Å²) in [7, 11) is 3.31. The van der Waals surface area contributed by atoms with E-state index in [-0.39, 0.29) is 23.9 Å². The number of rotatable bonds is 8. The van der Waals surface area contributed by atoms with Crippen molar-refractivity contribution in [1.82, 2.24) is 20.9 Å². The smallest absolute Gasteiger partial charge is 0.251 e. The zero-order valence-corrected chi connectivity index (χ0v) is 32.9. The van der Waals surface area contributed by atoms with E-state index in [4.69, 9.17) is 5.73 Å². The molecule has 3 aliphatic rings. The van der Waals surface area contributed by atoms with Crippen LogP contribution in [-0.2, 0) is 17.6 Å². The van der Waals surface area contributed by atoms with Crippen LogP contribution in [0.4, 0.5) is 0 Å². The number of carbonyl (C=O) groups is 2. The number of aryl methyl sites for hydroxylation is 1. The molecule has 2 aliphatic heterocycles. The van der Waals surface area contributed by atoms with Gasteiger partial charge in [0, 0.05) is 43.9 Å². The zero-order valence-electron chi connectivity index (χ0n) is 32.9. The molecule has 2 saturated heterocycles. The standard InChI is InChI=1S/C25H37N5O2.C10H16N2O.C3H8.C2H6/c1-5-21(26)29-20-13-27-23(15(2)3)30-14-19(22(31)25(20,30)4)28-24(32)18-12-8-10-16-9-6-7-11-17(16)18;1-5-9(11-3)7-6-8(2)10(13)12-4;1-3-2;1-2/h8,10,12,19-20,22,27,31H,5-7,9,11,13-14H2,1-4H3,(H2,26,29)(H,28,32);6-7H,2,5H2,1,3-4H3,(H,12,13);3H2,1-2H3;1-2H3/p+1/b;7-6-,11-9?;;/t19-,20?,22-,25?;;;/m1.../s1. The monoisotopic (exact) mass is 695 g/mol. The van der Waals surface area contributed by atoms with Crippen molar-refractivity contribution >= 4 is 23.4 Å². The number of nitrogens with one attached hydrogen (secondary N) is 4. The average molecular weight is 695 g/mol. The minimum absolute atomic E-state index is 0.0906. The predicted molar refractivity (Wildman–Crippen MR) is 209 cm³/mol. The van der Waals surface area contributed by atoms with Gasteiger partial charge in [0.05, 0.1) is 12.6 Å². The first-order valence-electron chi connectivity index (χ1n) is 18.5. The van der Waals surface area contributed by atoms with Crippen molar-refractivity contribution in [3.8, 4) is 0 Å². The fraction of sp³-hybridized carbons (Fsp3) is 0.600. The Morgan fingerprint density at radius 3 is 2.34 bits per heavy atom. The number of hydrogen-bond acceptors (Lipinski definition) is 6. The molecule has 0 saturated carbocycles. The highest BCUT2D eigenvalue weighted by atomic mass is 16.3. The summed E-state index contributed by atoms with van der Waals surface area (Å²) in [5.41, 5.74) is 11.3. The van der Waals surface area contributed by atoms with Gasteiger partial charge in [-0.15, -0.1) is 0 Å². The summed E-state index contributed by atoms with van der Waals surface area (Å²) in [4.78, 5) is 34.0. The van der Waals surface area contributed by atoms with Crippen molar-refractivity contribution in [3.05, 3.63) is 70.6 Å². The molecule has 0 aromatic heterocycles. The van der Waals surface area contributed by atoms with Crippen LogP contribution in [0.15, 0.2) is 58.9 Å². The van der Waals surface area contributed by atoms with Gasteiger partial charge in [0.25, 0.3) is 5.91 Å². The number of aliphatic hydroxyl groups excluding tert-OH is 1. The van der Waals surface area contributed by atoms with Gasteiger partial charge < -0.3 is 26.0 Å². The number of nitrogens with zero attached hydrogens (tertiary/aromatic N) is 2.